The second-order valence-electron chi connectivity index (χ2n) is 6.77. The van der Waals surface area contributed by atoms with E-state index in [4.69, 9.17) is 4.74 Å². The summed E-state index contributed by atoms with van der Waals surface area (Å²) in [6.45, 7) is 3.88. The Morgan fingerprint density at radius 3 is 2.29 bits per heavy atom. The lowest BCUT2D eigenvalue weighted by Gasteiger charge is -2.20. The number of ether oxygens (including phenoxy) is 1. The molecule has 2 N–H and O–H groups in total. The van der Waals surface area contributed by atoms with Crippen molar-refractivity contribution in [3.05, 3.63) is 93.7 Å². The summed E-state index contributed by atoms with van der Waals surface area (Å²) >= 11 is 0. The van der Waals surface area contributed by atoms with Gasteiger partial charge in [-0.25, -0.2) is 4.79 Å². The molecule has 0 fully saturated rings. The van der Waals surface area contributed by atoms with Crippen molar-refractivity contribution in [2.24, 2.45) is 0 Å². The Kier molecular flexibility index (Phi) is 5.89. The number of carbonyl (C=O) groups is 1. The normalized spacial score (nSPS) is 11.9. The lowest BCUT2D eigenvalue weighted by molar-refractivity contribution is 0.0937. The summed E-state index contributed by atoms with van der Waals surface area (Å²) < 4.78 is 5.22. The highest BCUT2D eigenvalue weighted by atomic mass is 16.5. The first-order valence-electron chi connectivity index (χ1n) is 9.09. The molecular formula is C22H23N3O3. The molecule has 3 aromatic rings. The van der Waals surface area contributed by atoms with Crippen LogP contribution in [0.15, 0.2) is 65.5 Å². The zero-order valence-electron chi connectivity index (χ0n) is 16.1. The van der Waals surface area contributed by atoms with Crippen LogP contribution >= 0.6 is 0 Å². The summed E-state index contributed by atoms with van der Waals surface area (Å²) in [4.78, 5) is 31.3. The highest BCUT2D eigenvalue weighted by Gasteiger charge is 2.20. The van der Waals surface area contributed by atoms with Crippen LogP contribution < -0.4 is 15.7 Å². The van der Waals surface area contributed by atoms with Crippen molar-refractivity contribution >= 4 is 5.91 Å². The number of methoxy groups -OCH3 is 1. The number of H-pyrrole nitrogens is 1. The van der Waals surface area contributed by atoms with Gasteiger partial charge in [0, 0.05) is 5.69 Å². The van der Waals surface area contributed by atoms with Crippen LogP contribution in [0.5, 0.6) is 5.75 Å². The molecule has 1 amide bonds. The third-order valence-corrected chi connectivity index (χ3v) is 4.48. The molecule has 0 aliphatic heterocycles. The van der Waals surface area contributed by atoms with E-state index in [0.29, 0.717) is 5.69 Å². The quantitative estimate of drug-likeness (QED) is 0.689. The molecule has 2 aromatic carbocycles. The lowest BCUT2D eigenvalue weighted by atomic mass is 9.98. The second kappa shape index (κ2) is 8.52. The van der Waals surface area contributed by atoms with Gasteiger partial charge >= 0.3 is 5.69 Å². The maximum atomic E-state index is 12.9. The van der Waals surface area contributed by atoms with Gasteiger partial charge in [-0.05, 0) is 35.2 Å². The fraction of sp³-hybridized carbons (Fsp3) is 0.227. The van der Waals surface area contributed by atoms with Gasteiger partial charge < -0.3 is 15.0 Å². The van der Waals surface area contributed by atoms with Crippen molar-refractivity contribution in [1.82, 2.24) is 15.3 Å². The van der Waals surface area contributed by atoms with Gasteiger partial charge in [0.25, 0.3) is 5.91 Å². The summed E-state index contributed by atoms with van der Waals surface area (Å²) in [5.74, 6) is 0.408. The standard InChI is InChI=1S/C22H23N3O3/c1-14(2)18-13-19(24-22(27)23-18)21(26)25-20(15-7-5-4-6-8-15)16-9-11-17(28-3)12-10-16/h4-14,20H,1-3H3,(H,25,26)(H,23,24,27)/t20-/m1/s1. The van der Waals surface area contributed by atoms with E-state index in [2.05, 4.69) is 15.3 Å². The Labute approximate surface area is 163 Å². The van der Waals surface area contributed by atoms with Gasteiger partial charge in [0.05, 0.1) is 13.2 Å². The van der Waals surface area contributed by atoms with E-state index < -0.39 is 11.6 Å². The predicted molar refractivity (Wildman–Crippen MR) is 108 cm³/mol. The van der Waals surface area contributed by atoms with Crippen molar-refractivity contribution < 1.29 is 9.53 Å². The monoisotopic (exact) mass is 377 g/mol. The maximum absolute atomic E-state index is 12.9. The number of hydrogen-bond acceptors (Lipinski definition) is 4. The molecule has 0 spiro atoms. The van der Waals surface area contributed by atoms with Gasteiger partial charge in [0.1, 0.15) is 11.4 Å². The van der Waals surface area contributed by atoms with Crippen molar-refractivity contribution in [3.8, 4) is 5.75 Å². The SMILES string of the molecule is COc1ccc([C@H](NC(=O)c2cc(C(C)C)[nH]c(=O)n2)c2ccccc2)cc1. The summed E-state index contributed by atoms with van der Waals surface area (Å²) in [5, 5.41) is 3.00. The van der Waals surface area contributed by atoms with Crippen LogP contribution in [0, 0.1) is 0 Å². The topological polar surface area (TPSA) is 84.1 Å². The fourth-order valence-corrected chi connectivity index (χ4v) is 2.91. The van der Waals surface area contributed by atoms with Crippen LogP contribution in [-0.4, -0.2) is 23.0 Å². The van der Waals surface area contributed by atoms with Gasteiger partial charge in [-0.1, -0.05) is 56.3 Å². The Morgan fingerprint density at radius 1 is 1.04 bits per heavy atom. The van der Waals surface area contributed by atoms with Crippen LogP contribution in [0.25, 0.3) is 0 Å². The molecule has 1 aromatic heterocycles. The molecule has 6 heteroatoms. The minimum Gasteiger partial charge on any atom is -0.497 e. The number of aromatic amines is 1. The van der Waals surface area contributed by atoms with E-state index in [-0.39, 0.29) is 17.7 Å². The summed E-state index contributed by atoms with van der Waals surface area (Å²) in [6.07, 6.45) is 0. The minimum atomic E-state index is -0.531. The molecule has 0 bridgehead atoms. The molecule has 144 valence electrons. The van der Waals surface area contributed by atoms with Gasteiger partial charge in [-0.15, -0.1) is 0 Å². The summed E-state index contributed by atoms with van der Waals surface area (Å²) in [7, 11) is 1.61. The third-order valence-electron chi connectivity index (χ3n) is 4.48. The molecule has 1 heterocycles. The third kappa shape index (κ3) is 4.46. The fourth-order valence-electron chi connectivity index (χ4n) is 2.91. The number of aromatic nitrogens is 2. The van der Waals surface area contributed by atoms with Gasteiger partial charge in [0.15, 0.2) is 0 Å². The Morgan fingerprint density at radius 2 is 1.68 bits per heavy atom. The number of rotatable bonds is 6. The van der Waals surface area contributed by atoms with E-state index in [1.807, 2.05) is 68.4 Å². The molecule has 0 aliphatic carbocycles. The first-order chi connectivity index (χ1) is 13.5. The number of amides is 1. The molecular weight excluding hydrogens is 354 g/mol. The van der Waals surface area contributed by atoms with E-state index in [0.717, 1.165) is 16.9 Å². The molecule has 0 aliphatic rings. The highest BCUT2D eigenvalue weighted by Crippen LogP contribution is 2.24. The highest BCUT2D eigenvalue weighted by molar-refractivity contribution is 5.92. The van der Waals surface area contributed by atoms with Crippen LogP contribution in [0.1, 0.15) is 53.1 Å². The average molecular weight is 377 g/mol. The van der Waals surface area contributed by atoms with Crippen LogP contribution in [-0.2, 0) is 0 Å². The molecule has 0 saturated carbocycles. The van der Waals surface area contributed by atoms with E-state index in [1.165, 1.54) is 0 Å². The van der Waals surface area contributed by atoms with Crippen molar-refractivity contribution in [1.29, 1.82) is 0 Å². The van der Waals surface area contributed by atoms with E-state index >= 15 is 0 Å². The Hall–Kier alpha value is -3.41. The maximum Gasteiger partial charge on any atom is 0.345 e. The second-order valence-corrected chi connectivity index (χ2v) is 6.77. The molecule has 0 unspecified atom stereocenters. The van der Waals surface area contributed by atoms with Gasteiger partial charge in [0.2, 0.25) is 0 Å². The first-order valence-corrected chi connectivity index (χ1v) is 9.09. The Bertz CT molecular complexity index is 996. The zero-order chi connectivity index (χ0) is 20.1. The number of nitrogens with zero attached hydrogens (tertiary/aromatic N) is 1. The van der Waals surface area contributed by atoms with Crippen LogP contribution in [0.3, 0.4) is 0 Å². The average Bonchev–Trinajstić information content (AvgIpc) is 2.72. The largest absolute Gasteiger partial charge is 0.497 e. The number of benzene rings is 2. The summed E-state index contributed by atoms with van der Waals surface area (Å²) in [5.41, 5.74) is 2.06. The van der Waals surface area contributed by atoms with Crippen molar-refractivity contribution in [2.75, 3.05) is 7.11 Å². The molecule has 6 nitrogen and oxygen atoms in total. The first kappa shape index (κ1) is 19.4. The van der Waals surface area contributed by atoms with Gasteiger partial charge in [-0.2, -0.15) is 4.98 Å². The molecule has 3 rings (SSSR count). The van der Waals surface area contributed by atoms with E-state index in [9.17, 15) is 9.59 Å². The number of hydrogen-bond donors (Lipinski definition) is 2. The number of nitrogens with one attached hydrogen (secondary N) is 2. The Balaban J connectivity index is 1.95. The zero-order valence-corrected chi connectivity index (χ0v) is 16.1. The molecule has 1 atom stereocenters. The lowest BCUT2D eigenvalue weighted by Crippen LogP contribution is -2.32. The smallest absolute Gasteiger partial charge is 0.345 e. The number of carbonyl (C=O) groups excluding carboxylic acids is 1. The van der Waals surface area contributed by atoms with Crippen molar-refractivity contribution in [2.45, 2.75) is 25.8 Å². The van der Waals surface area contributed by atoms with Crippen LogP contribution in [0.4, 0.5) is 0 Å². The molecule has 0 saturated heterocycles. The van der Waals surface area contributed by atoms with Gasteiger partial charge in [-0.3, -0.25) is 4.79 Å². The van der Waals surface area contributed by atoms with Crippen LogP contribution in [0.2, 0.25) is 0 Å². The molecule has 0 radical (unpaired) electrons. The summed E-state index contributed by atoms with van der Waals surface area (Å²) in [6, 6.07) is 18.4. The molecule has 28 heavy (non-hydrogen) atoms. The predicted octanol–water partition coefficient (Wildman–Crippen LogP) is 3.42. The van der Waals surface area contributed by atoms with E-state index in [1.54, 1.807) is 13.2 Å². The minimum absolute atomic E-state index is 0.0776. The van der Waals surface area contributed by atoms with Crippen molar-refractivity contribution in [3.63, 3.8) is 0 Å².